The van der Waals surface area contributed by atoms with E-state index in [0.29, 0.717) is 0 Å². The molecule has 0 bridgehead atoms. The number of hydrogen-bond acceptors (Lipinski definition) is 2. The van der Waals surface area contributed by atoms with Crippen LogP contribution in [-0.4, -0.2) is 22.4 Å². The Kier molecular flexibility index (Phi) is 15.6. The topological polar surface area (TPSA) is 0 Å². The molecule has 0 atom stereocenters. The van der Waals surface area contributed by atoms with Crippen LogP contribution < -0.4 is 12.4 Å². The zero-order chi connectivity index (χ0) is 8.20. The zero-order valence-electron chi connectivity index (χ0n) is 7.56. The first-order chi connectivity index (χ1) is 4.63. The Balaban J connectivity index is -0.000000405. The molecule has 0 saturated heterocycles. The molecule has 0 amide bonds. The molecule has 0 radical (unpaired) electrons. The predicted octanol–water partition coefficient (Wildman–Crippen LogP) is -0.754. The minimum Gasteiger partial charge on any atom is -1.00 e. The van der Waals surface area contributed by atoms with Crippen molar-refractivity contribution >= 4 is 36.1 Å². The first kappa shape index (κ1) is 19.6. The summed E-state index contributed by atoms with van der Waals surface area (Å²) in [6.45, 7) is 5.66. The second-order valence-electron chi connectivity index (χ2n) is 2.36. The van der Waals surface area contributed by atoms with Gasteiger partial charge in [0.25, 0.3) is 0 Å². The van der Waals surface area contributed by atoms with E-state index in [1.54, 1.807) is 0 Å². The molecule has 0 aliphatic rings. The Morgan fingerprint density at radius 3 is 1.25 bits per heavy atom. The van der Waals surface area contributed by atoms with Crippen molar-refractivity contribution in [3.8, 4) is 0 Å². The standard InChI is InChI=1S/C7H17PS2.Au.ClH/c1-4-8(5-2,6-3)7(9)10;;/h9-10H,4-6H2,1-3H3;;1H/q;+3;/p-3. The molecule has 0 aliphatic carbocycles. The van der Waals surface area contributed by atoms with E-state index in [4.69, 9.17) is 25.3 Å². The van der Waals surface area contributed by atoms with Gasteiger partial charge in [-0.25, -0.2) is 0 Å². The summed E-state index contributed by atoms with van der Waals surface area (Å²) in [4.78, 5) is 0. The monoisotopic (exact) mass is 426 g/mol. The maximum absolute atomic E-state index is 5.09. The van der Waals surface area contributed by atoms with Crippen molar-refractivity contribution in [2.75, 3.05) is 18.5 Å². The maximum atomic E-state index is 5.09. The third-order valence-electron chi connectivity index (χ3n) is 2.20. The van der Waals surface area contributed by atoms with Crippen LogP contribution in [0.4, 0.5) is 0 Å². The van der Waals surface area contributed by atoms with Crippen molar-refractivity contribution in [3.05, 3.63) is 0 Å². The largest absolute Gasteiger partial charge is 3.00 e. The van der Waals surface area contributed by atoms with Crippen molar-refractivity contribution in [2.45, 2.75) is 20.8 Å². The molecule has 0 aromatic carbocycles. The Morgan fingerprint density at radius 2 is 1.25 bits per heavy atom. The third-order valence-corrected chi connectivity index (χ3v) is 8.93. The van der Waals surface area contributed by atoms with E-state index in [1.807, 2.05) is 0 Å². The van der Waals surface area contributed by atoms with E-state index in [0.717, 1.165) is 3.96 Å². The fraction of sp³-hybridized carbons (Fsp3) is 0.857. The molecule has 0 fully saturated rings. The Bertz CT molecular complexity index is 138. The average Bonchev–Trinajstić information content (AvgIpc) is 1.92. The van der Waals surface area contributed by atoms with Crippen LogP contribution >= 0.6 is 6.89 Å². The normalized spacial score (nSPS) is 9.75. The van der Waals surface area contributed by atoms with Gasteiger partial charge in [-0.05, 0) is 18.5 Å². The van der Waals surface area contributed by atoms with E-state index in [2.05, 4.69) is 20.8 Å². The summed E-state index contributed by atoms with van der Waals surface area (Å²) >= 11 is 10.2. The van der Waals surface area contributed by atoms with Gasteiger partial charge in [0.15, 0.2) is 0 Å². The van der Waals surface area contributed by atoms with E-state index >= 15 is 0 Å². The molecule has 0 aromatic rings. The molecule has 78 valence electrons. The molecule has 0 aromatic heterocycles. The molecule has 0 nitrogen and oxygen atoms in total. The predicted molar refractivity (Wildman–Crippen MR) is 58.3 cm³/mol. The molecule has 0 heterocycles. The van der Waals surface area contributed by atoms with Crippen molar-refractivity contribution in [3.63, 3.8) is 0 Å². The summed E-state index contributed by atoms with van der Waals surface area (Å²) in [6, 6.07) is 0. The summed E-state index contributed by atoms with van der Waals surface area (Å²) < 4.78 is 0.875. The molecule has 0 unspecified atom stereocenters. The molecule has 12 heavy (non-hydrogen) atoms. The van der Waals surface area contributed by atoms with Gasteiger partial charge in [-0.2, -0.15) is 6.89 Å². The van der Waals surface area contributed by atoms with Crippen LogP contribution in [0.15, 0.2) is 0 Å². The van der Waals surface area contributed by atoms with Crippen molar-refractivity contribution in [1.29, 1.82) is 0 Å². The fourth-order valence-electron chi connectivity index (χ4n) is 1.06. The minimum absolute atomic E-state index is 0. The van der Waals surface area contributed by atoms with Gasteiger partial charge >= 0.3 is 22.4 Å². The second-order valence-corrected chi connectivity index (χ2v) is 8.67. The van der Waals surface area contributed by atoms with Crippen molar-refractivity contribution in [2.24, 2.45) is 0 Å². The minimum atomic E-state index is -0.965. The molecule has 5 heteroatoms. The van der Waals surface area contributed by atoms with Crippen LogP contribution in [0.5, 0.6) is 0 Å². The Labute approximate surface area is 109 Å². The van der Waals surface area contributed by atoms with Gasteiger partial charge in [-0.15, -0.1) is 0 Å². The summed E-state index contributed by atoms with van der Waals surface area (Å²) in [5.74, 6) is 0. The zero-order valence-corrected chi connectivity index (χ0v) is 13.0. The fourth-order valence-corrected chi connectivity index (χ4v) is 5.50. The van der Waals surface area contributed by atoms with Gasteiger partial charge < -0.3 is 41.6 Å². The van der Waals surface area contributed by atoms with Crippen LogP contribution in [0, 0.1) is 0 Å². The number of hydrogen-bond donors (Lipinski definition) is 0. The van der Waals surface area contributed by atoms with E-state index in [1.165, 1.54) is 18.5 Å². The van der Waals surface area contributed by atoms with Crippen LogP contribution in [0.25, 0.3) is 0 Å². The number of rotatable bonds is 3. The van der Waals surface area contributed by atoms with Crippen LogP contribution in [0.2, 0.25) is 0 Å². The Hall–Kier alpha value is 2.03. The molecule has 0 rings (SSSR count). The Morgan fingerprint density at radius 1 is 1.00 bits per heavy atom. The SMILES string of the molecule is CCP(CC)(CC)=C([S-])[S-].[Au+3].[Cl-]. The molecular weight excluding hydrogens is 412 g/mol. The summed E-state index contributed by atoms with van der Waals surface area (Å²) in [5.41, 5.74) is 0. The van der Waals surface area contributed by atoms with Crippen LogP contribution in [0.1, 0.15) is 20.8 Å². The van der Waals surface area contributed by atoms with Gasteiger partial charge in [0.1, 0.15) is 0 Å². The smallest absolute Gasteiger partial charge is 1.00 e. The molecule has 0 spiro atoms. The molecule has 0 N–H and O–H groups in total. The average molecular weight is 427 g/mol. The first-order valence-corrected chi connectivity index (χ1v) is 6.86. The maximum Gasteiger partial charge on any atom is 3.00 e. The summed E-state index contributed by atoms with van der Waals surface area (Å²) in [5, 5.41) is 0. The van der Waals surface area contributed by atoms with E-state index in [9.17, 15) is 0 Å². The molecular formula is C7H15AuClPS2. The van der Waals surface area contributed by atoms with E-state index < -0.39 is 6.89 Å². The van der Waals surface area contributed by atoms with Gasteiger partial charge in [-0.1, -0.05) is 20.8 Å². The van der Waals surface area contributed by atoms with Gasteiger partial charge in [0.05, 0.1) is 0 Å². The quantitative estimate of drug-likeness (QED) is 0.331. The first-order valence-electron chi connectivity index (χ1n) is 3.70. The number of halogens is 1. The van der Waals surface area contributed by atoms with Gasteiger partial charge in [0.2, 0.25) is 0 Å². The van der Waals surface area contributed by atoms with Crippen molar-refractivity contribution in [1.82, 2.24) is 0 Å². The van der Waals surface area contributed by atoms with Gasteiger partial charge in [-0.3, -0.25) is 0 Å². The van der Waals surface area contributed by atoms with Gasteiger partial charge in [0, 0.05) is 0 Å². The summed E-state index contributed by atoms with van der Waals surface area (Å²) in [7, 11) is 0. The van der Waals surface area contributed by atoms with Crippen LogP contribution in [0.3, 0.4) is 0 Å². The van der Waals surface area contributed by atoms with Crippen LogP contribution in [-0.2, 0) is 47.6 Å². The van der Waals surface area contributed by atoms with E-state index in [-0.39, 0.29) is 34.8 Å². The third kappa shape index (κ3) is 5.05. The summed E-state index contributed by atoms with van der Waals surface area (Å²) in [6.07, 6.45) is 3.59. The van der Waals surface area contributed by atoms with Crippen molar-refractivity contribution < 1.29 is 34.8 Å². The second kappa shape index (κ2) is 9.58. The molecule has 0 aliphatic heterocycles. The molecule has 0 saturated carbocycles.